The number of hydrogen-bond donors (Lipinski definition) is 1. The van der Waals surface area contributed by atoms with E-state index in [9.17, 15) is 0 Å². The molecule has 2 rings (SSSR count). The van der Waals surface area contributed by atoms with Crippen molar-refractivity contribution in [2.45, 2.75) is 45.3 Å². The minimum atomic E-state index is 0.370. The van der Waals surface area contributed by atoms with Crippen molar-refractivity contribution >= 4 is 0 Å². The summed E-state index contributed by atoms with van der Waals surface area (Å²) in [6.07, 6.45) is 3.94. The molecular formula is C15H30N2O2. The second-order valence-electron chi connectivity index (χ2n) is 5.98. The highest BCUT2D eigenvalue weighted by molar-refractivity contribution is 4.83. The Morgan fingerprint density at radius 1 is 1.37 bits per heavy atom. The third-order valence-corrected chi connectivity index (χ3v) is 4.18. The first-order valence-corrected chi connectivity index (χ1v) is 7.94. The van der Waals surface area contributed by atoms with Crippen LogP contribution in [0.2, 0.25) is 0 Å². The lowest BCUT2D eigenvalue weighted by Crippen LogP contribution is -2.47. The number of nitrogens with one attached hydrogen (secondary N) is 1. The van der Waals surface area contributed by atoms with Gasteiger partial charge in [-0.1, -0.05) is 6.92 Å². The minimum absolute atomic E-state index is 0.370. The third kappa shape index (κ3) is 5.03. The van der Waals surface area contributed by atoms with Crippen molar-refractivity contribution in [1.82, 2.24) is 10.2 Å². The predicted octanol–water partition coefficient (Wildman–Crippen LogP) is 1.50. The fourth-order valence-corrected chi connectivity index (χ4v) is 3.10. The average molecular weight is 270 g/mol. The first-order chi connectivity index (χ1) is 9.29. The number of ether oxygens (including phenoxy) is 2. The van der Waals surface area contributed by atoms with Crippen molar-refractivity contribution in [2.75, 3.05) is 46.0 Å². The highest BCUT2D eigenvalue weighted by Gasteiger charge is 2.27. The van der Waals surface area contributed by atoms with Crippen LogP contribution in [0, 0.1) is 5.92 Å². The first kappa shape index (κ1) is 15.2. The normalized spacial score (nSPS) is 31.3. The Balaban J connectivity index is 1.85. The Hall–Kier alpha value is -0.160. The van der Waals surface area contributed by atoms with E-state index in [1.54, 1.807) is 0 Å². The molecule has 0 saturated carbocycles. The van der Waals surface area contributed by atoms with Gasteiger partial charge in [-0.3, -0.25) is 4.90 Å². The molecule has 2 saturated heterocycles. The molecule has 19 heavy (non-hydrogen) atoms. The van der Waals surface area contributed by atoms with Crippen LogP contribution in [0.4, 0.5) is 0 Å². The summed E-state index contributed by atoms with van der Waals surface area (Å²) in [5, 5.41) is 3.73. The van der Waals surface area contributed by atoms with Crippen molar-refractivity contribution in [2.24, 2.45) is 5.92 Å². The molecule has 0 radical (unpaired) electrons. The predicted molar refractivity (Wildman–Crippen MR) is 77.5 cm³/mol. The Morgan fingerprint density at radius 2 is 2.26 bits per heavy atom. The Kier molecular flexibility index (Phi) is 6.57. The monoisotopic (exact) mass is 270 g/mol. The van der Waals surface area contributed by atoms with E-state index in [-0.39, 0.29) is 0 Å². The Morgan fingerprint density at radius 3 is 3.00 bits per heavy atom. The first-order valence-electron chi connectivity index (χ1n) is 7.94. The highest BCUT2D eigenvalue weighted by Crippen LogP contribution is 2.18. The molecule has 4 nitrogen and oxygen atoms in total. The van der Waals surface area contributed by atoms with Gasteiger partial charge in [-0.15, -0.1) is 0 Å². The fourth-order valence-electron chi connectivity index (χ4n) is 3.10. The molecule has 112 valence electrons. The second kappa shape index (κ2) is 8.20. The Bertz CT molecular complexity index is 244. The standard InChI is InChI=1S/C15H30N2O2/c1-3-6-16-15(14-5-9-18-12-14)11-17-7-4-8-19-13(2)10-17/h13-16H,3-12H2,1-2H3. The summed E-state index contributed by atoms with van der Waals surface area (Å²) in [5.74, 6) is 0.686. The van der Waals surface area contributed by atoms with Crippen LogP contribution < -0.4 is 5.32 Å². The maximum Gasteiger partial charge on any atom is 0.0673 e. The molecule has 0 aromatic heterocycles. The van der Waals surface area contributed by atoms with E-state index >= 15 is 0 Å². The summed E-state index contributed by atoms with van der Waals surface area (Å²) in [5.41, 5.74) is 0. The maximum absolute atomic E-state index is 5.73. The van der Waals surface area contributed by atoms with E-state index in [1.807, 2.05) is 0 Å². The quantitative estimate of drug-likeness (QED) is 0.793. The second-order valence-corrected chi connectivity index (χ2v) is 5.98. The summed E-state index contributed by atoms with van der Waals surface area (Å²) in [4.78, 5) is 2.57. The third-order valence-electron chi connectivity index (χ3n) is 4.18. The minimum Gasteiger partial charge on any atom is -0.381 e. The molecule has 2 fully saturated rings. The topological polar surface area (TPSA) is 33.7 Å². The van der Waals surface area contributed by atoms with Crippen molar-refractivity contribution < 1.29 is 9.47 Å². The number of hydrogen-bond acceptors (Lipinski definition) is 4. The molecule has 4 heteroatoms. The van der Waals surface area contributed by atoms with E-state index < -0.39 is 0 Å². The molecule has 0 aromatic rings. The van der Waals surface area contributed by atoms with Crippen LogP contribution in [0.1, 0.15) is 33.1 Å². The lowest BCUT2D eigenvalue weighted by molar-refractivity contribution is 0.0648. The van der Waals surface area contributed by atoms with E-state index in [4.69, 9.17) is 9.47 Å². The van der Waals surface area contributed by atoms with Gasteiger partial charge in [0, 0.05) is 44.8 Å². The summed E-state index contributed by atoms with van der Waals surface area (Å²) in [7, 11) is 0. The van der Waals surface area contributed by atoms with Gasteiger partial charge >= 0.3 is 0 Å². The van der Waals surface area contributed by atoms with Gasteiger partial charge in [0.2, 0.25) is 0 Å². The van der Waals surface area contributed by atoms with Crippen LogP contribution >= 0.6 is 0 Å². The van der Waals surface area contributed by atoms with Gasteiger partial charge in [0.05, 0.1) is 12.7 Å². The van der Waals surface area contributed by atoms with Gasteiger partial charge in [0.25, 0.3) is 0 Å². The van der Waals surface area contributed by atoms with Crippen LogP contribution in [0.15, 0.2) is 0 Å². The summed E-state index contributed by atoms with van der Waals surface area (Å²) in [6, 6.07) is 0.577. The maximum atomic E-state index is 5.73. The molecule has 0 bridgehead atoms. The van der Waals surface area contributed by atoms with Gasteiger partial charge in [-0.2, -0.15) is 0 Å². The fraction of sp³-hybridized carbons (Fsp3) is 1.00. The molecular weight excluding hydrogens is 240 g/mol. The lowest BCUT2D eigenvalue weighted by atomic mass is 9.98. The molecule has 3 atom stereocenters. The Labute approximate surface area is 117 Å². The lowest BCUT2D eigenvalue weighted by Gasteiger charge is -2.31. The van der Waals surface area contributed by atoms with Crippen molar-refractivity contribution in [3.63, 3.8) is 0 Å². The van der Waals surface area contributed by atoms with Crippen molar-refractivity contribution in [3.05, 3.63) is 0 Å². The largest absolute Gasteiger partial charge is 0.381 e. The van der Waals surface area contributed by atoms with E-state index in [0.717, 1.165) is 45.9 Å². The number of rotatable bonds is 6. The smallest absolute Gasteiger partial charge is 0.0673 e. The average Bonchev–Trinajstić information content (AvgIpc) is 2.85. The molecule has 3 unspecified atom stereocenters. The van der Waals surface area contributed by atoms with Gasteiger partial charge in [0.15, 0.2) is 0 Å². The highest BCUT2D eigenvalue weighted by atomic mass is 16.5. The van der Waals surface area contributed by atoms with Crippen LogP contribution in [-0.4, -0.2) is 63.0 Å². The summed E-state index contributed by atoms with van der Waals surface area (Å²) < 4.78 is 11.3. The van der Waals surface area contributed by atoms with E-state index in [1.165, 1.54) is 19.4 Å². The van der Waals surface area contributed by atoms with Crippen molar-refractivity contribution in [3.8, 4) is 0 Å². The van der Waals surface area contributed by atoms with Crippen LogP contribution in [-0.2, 0) is 9.47 Å². The summed E-state index contributed by atoms with van der Waals surface area (Å²) >= 11 is 0. The molecule has 0 spiro atoms. The zero-order valence-electron chi connectivity index (χ0n) is 12.6. The van der Waals surface area contributed by atoms with Gasteiger partial charge in [-0.25, -0.2) is 0 Å². The number of nitrogens with zero attached hydrogens (tertiary/aromatic N) is 1. The molecule has 0 aromatic carbocycles. The molecule has 0 aliphatic carbocycles. The zero-order valence-corrected chi connectivity index (χ0v) is 12.6. The zero-order chi connectivity index (χ0) is 13.5. The van der Waals surface area contributed by atoms with E-state index in [0.29, 0.717) is 18.1 Å². The van der Waals surface area contributed by atoms with Gasteiger partial charge < -0.3 is 14.8 Å². The summed E-state index contributed by atoms with van der Waals surface area (Å²) in [6.45, 7) is 11.7. The van der Waals surface area contributed by atoms with Crippen molar-refractivity contribution in [1.29, 1.82) is 0 Å². The van der Waals surface area contributed by atoms with Gasteiger partial charge in [0.1, 0.15) is 0 Å². The molecule has 2 aliphatic rings. The van der Waals surface area contributed by atoms with Crippen LogP contribution in [0.25, 0.3) is 0 Å². The molecule has 2 aliphatic heterocycles. The van der Waals surface area contributed by atoms with Crippen LogP contribution in [0.5, 0.6) is 0 Å². The molecule has 1 N–H and O–H groups in total. The van der Waals surface area contributed by atoms with E-state index in [2.05, 4.69) is 24.1 Å². The SMILES string of the molecule is CCCNC(CN1CCCOC(C)C1)C1CCOC1. The van der Waals surface area contributed by atoms with Crippen LogP contribution in [0.3, 0.4) is 0 Å². The molecule has 2 heterocycles. The van der Waals surface area contributed by atoms with Gasteiger partial charge in [-0.05, 0) is 32.7 Å². The molecule has 0 amide bonds.